The van der Waals surface area contributed by atoms with Crippen LogP contribution in [0.3, 0.4) is 0 Å². The van der Waals surface area contributed by atoms with Crippen LogP contribution in [0.2, 0.25) is 0 Å². The summed E-state index contributed by atoms with van der Waals surface area (Å²) < 4.78 is 5.45. The predicted molar refractivity (Wildman–Crippen MR) is 42.3 cm³/mol. The van der Waals surface area contributed by atoms with Crippen molar-refractivity contribution in [1.82, 2.24) is 0 Å². The van der Waals surface area contributed by atoms with Crippen molar-refractivity contribution < 1.29 is 9.84 Å². The lowest BCUT2D eigenvalue weighted by molar-refractivity contribution is -0.254. The summed E-state index contributed by atoms with van der Waals surface area (Å²) in [6.07, 6.45) is 3.48. The molecule has 64 valence electrons. The minimum absolute atomic E-state index is 0.00231. The minimum atomic E-state index is -0.0753. The van der Waals surface area contributed by atoms with E-state index in [-0.39, 0.29) is 11.7 Å². The van der Waals surface area contributed by atoms with E-state index in [0.29, 0.717) is 11.8 Å². The zero-order valence-corrected chi connectivity index (χ0v) is 7.21. The topological polar surface area (TPSA) is 29.5 Å². The fraction of sp³-hybridized carbons (Fsp3) is 1.00. The van der Waals surface area contributed by atoms with Gasteiger partial charge in [0.2, 0.25) is 0 Å². The Morgan fingerprint density at radius 1 is 1.36 bits per heavy atom. The average molecular weight is 156 g/mol. The molecule has 3 aliphatic carbocycles. The van der Waals surface area contributed by atoms with Crippen LogP contribution in [0.1, 0.15) is 26.2 Å². The summed E-state index contributed by atoms with van der Waals surface area (Å²) in [6, 6.07) is 0. The number of aliphatic hydroxyl groups excluding tert-OH is 1. The Balaban J connectivity index is 2.16. The van der Waals surface area contributed by atoms with Gasteiger partial charge < -0.3 is 9.84 Å². The number of aliphatic hydroxyl groups is 1. The van der Waals surface area contributed by atoms with Crippen molar-refractivity contribution in [3.8, 4) is 0 Å². The molecule has 4 atom stereocenters. The molecular formula is C9H16O2. The first kappa shape index (κ1) is 7.56. The Hall–Kier alpha value is -0.0800. The van der Waals surface area contributed by atoms with E-state index < -0.39 is 0 Å². The lowest BCUT2D eigenvalue weighted by Crippen LogP contribution is -2.67. The quantitative estimate of drug-likeness (QED) is 0.617. The van der Waals surface area contributed by atoms with Crippen LogP contribution in [0.15, 0.2) is 0 Å². The Bertz CT molecular complexity index is 155. The monoisotopic (exact) mass is 156 g/mol. The van der Waals surface area contributed by atoms with Crippen LogP contribution in [-0.4, -0.2) is 23.9 Å². The minimum Gasteiger partial charge on any atom is -0.392 e. The highest BCUT2D eigenvalue weighted by atomic mass is 16.5. The molecule has 3 fully saturated rings. The molecule has 0 radical (unpaired) electrons. The smallest absolute Gasteiger partial charge is 0.0756 e. The van der Waals surface area contributed by atoms with Gasteiger partial charge in [-0.25, -0.2) is 0 Å². The van der Waals surface area contributed by atoms with Crippen LogP contribution in [0.25, 0.3) is 0 Å². The molecule has 0 spiro atoms. The average Bonchev–Trinajstić information content (AvgIpc) is 2.06. The largest absolute Gasteiger partial charge is 0.392 e. The van der Waals surface area contributed by atoms with E-state index in [0.717, 1.165) is 12.8 Å². The molecule has 0 aromatic carbocycles. The highest BCUT2D eigenvalue weighted by molar-refractivity contribution is 5.10. The van der Waals surface area contributed by atoms with Gasteiger partial charge >= 0.3 is 0 Å². The molecule has 2 unspecified atom stereocenters. The van der Waals surface area contributed by atoms with Crippen molar-refractivity contribution >= 4 is 0 Å². The number of hydrogen-bond acceptors (Lipinski definition) is 2. The number of fused-ring (bicyclic) bond motifs is 2. The van der Waals surface area contributed by atoms with Crippen molar-refractivity contribution in [2.45, 2.75) is 37.9 Å². The second-order valence-electron chi connectivity index (χ2n) is 4.02. The van der Waals surface area contributed by atoms with E-state index in [1.54, 1.807) is 7.11 Å². The summed E-state index contributed by atoms with van der Waals surface area (Å²) in [4.78, 5) is 0. The van der Waals surface area contributed by atoms with Gasteiger partial charge in [-0.15, -0.1) is 0 Å². The summed E-state index contributed by atoms with van der Waals surface area (Å²) in [5, 5.41) is 9.61. The van der Waals surface area contributed by atoms with E-state index in [1.807, 2.05) is 0 Å². The molecule has 0 amide bonds. The van der Waals surface area contributed by atoms with Gasteiger partial charge in [-0.1, -0.05) is 6.42 Å². The second kappa shape index (κ2) is 2.20. The first-order valence-electron chi connectivity index (χ1n) is 4.43. The lowest BCUT2D eigenvalue weighted by atomic mass is 9.52. The van der Waals surface area contributed by atoms with Gasteiger partial charge in [0.15, 0.2) is 0 Å². The third-order valence-electron chi connectivity index (χ3n) is 3.77. The van der Waals surface area contributed by atoms with Crippen LogP contribution < -0.4 is 0 Å². The van der Waals surface area contributed by atoms with Crippen LogP contribution in [-0.2, 0) is 4.74 Å². The molecule has 0 heterocycles. The van der Waals surface area contributed by atoms with Crippen LogP contribution in [0, 0.1) is 11.8 Å². The van der Waals surface area contributed by atoms with Gasteiger partial charge in [0, 0.05) is 18.9 Å². The Labute approximate surface area is 67.6 Å². The Morgan fingerprint density at radius 3 is 2.18 bits per heavy atom. The van der Waals surface area contributed by atoms with Gasteiger partial charge in [-0.05, 0) is 19.8 Å². The summed E-state index contributed by atoms with van der Waals surface area (Å²) >= 11 is 0. The molecule has 0 saturated heterocycles. The van der Waals surface area contributed by atoms with Crippen LogP contribution >= 0.6 is 0 Å². The maximum absolute atomic E-state index is 9.61. The van der Waals surface area contributed by atoms with E-state index in [9.17, 15) is 5.11 Å². The molecule has 11 heavy (non-hydrogen) atoms. The number of rotatable bonds is 1. The number of methoxy groups -OCH3 is 1. The van der Waals surface area contributed by atoms with Crippen molar-refractivity contribution in [2.75, 3.05) is 7.11 Å². The van der Waals surface area contributed by atoms with E-state index >= 15 is 0 Å². The zero-order valence-electron chi connectivity index (χ0n) is 7.21. The number of ether oxygens (including phenoxy) is 1. The molecule has 3 rings (SSSR count). The third-order valence-corrected chi connectivity index (χ3v) is 3.77. The molecule has 2 bridgehead atoms. The molecule has 3 saturated carbocycles. The molecule has 3 aliphatic rings. The second-order valence-corrected chi connectivity index (χ2v) is 4.02. The first-order chi connectivity index (χ1) is 5.20. The molecule has 2 heteroatoms. The normalized spacial score (nSPS) is 55.4. The SMILES string of the molecule is COC1(C)[C@@H]2CCC[C@H]1C2O. The fourth-order valence-electron chi connectivity index (χ4n) is 2.89. The Kier molecular flexibility index (Phi) is 1.52. The first-order valence-corrected chi connectivity index (χ1v) is 4.43. The van der Waals surface area contributed by atoms with Gasteiger partial charge in [0.1, 0.15) is 0 Å². The van der Waals surface area contributed by atoms with Crippen LogP contribution in [0.4, 0.5) is 0 Å². The highest BCUT2D eigenvalue weighted by Crippen LogP contribution is 2.55. The lowest BCUT2D eigenvalue weighted by Gasteiger charge is -2.60. The number of hydrogen-bond donors (Lipinski definition) is 1. The van der Waals surface area contributed by atoms with Gasteiger partial charge in [-0.2, -0.15) is 0 Å². The third kappa shape index (κ3) is 0.744. The van der Waals surface area contributed by atoms with Crippen LogP contribution in [0.5, 0.6) is 0 Å². The summed E-state index contributed by atoms with van der Waals surface area (Å²) in [7, 11) is 1.76. The molecule has 1 N–H and O–H groups in total. The molecule has 0 aromatic heterocycles. The highest BCUT2D eigenvalue weighted by Gasteiger charge is 2.60. The molecule has 0 aliphatic heterocycles. The van der Waals surface area contributed by atoms with Crippen molar-refractivity contribution in [1.29, 1.82) is 0 Å². The van der Waals surface area contributed by atoms with Gasteiger partial charge in [-0.3, -0.25) is 0 Å². The maximum Gasteiger partial charge on any atom is 0.0756 e. The van der Waals surface area contributed by atoms with E-state index in [4.69, 9.17) is 4.74 Å². The summed E-state index contributed by atoms with van der Waals surface area (Å²) in [5.41, 5.74) is -0.00231. The molecular weight excluding hydrogens is 140 g/mol. The maximum atomic E-state index is 9.61. The predicted octanol–water partition coefficient (Wildman–Crippen LogP) is 1.18. The van der Waals surface area contributed by atoms with Crippen molar-refractivity contribution in [2.24, 2.45) is 11.8 Å². The molecule has 2 nitrogen and oxygen atoms in total. The van der Waals surface area contributed by atoms with Gasteiger partial charge in [0.25, 0.3) is 0 Å². The standard InChI is InChI=1S/C9H16O2/c1-9(11-2)6-4-3-5-7(9)8(6)10/h6-8,10H,3-5H2,1-2H3/t6-,7+,8?,9?. The van der Waals surface area contributed by atoms with E-state index in [1.165, 1.54) is 6.42 Å². The Morgan fingerprint density at radius 2 is 1.91 bits per heavy atom. The molecule has 0 aromatic rings. The van der Waals surface area contributed by atoms with Crippen molar-refractivity contribution in [3.05, 3.63) is 0 Å². The summed E-state index contributed by atoms with van der Waals surface area (Å²) in [5.74, 6) is 0.817. The van der Waals surface area contributed by atoms with Crippen molar-refractivity contribution in [3.63, 3.8) is 0 Å². The van der Waals surface area contributed by atoms with Gasteiger partial charge in [0.05, 0.1) is 11.7 Å². The summed E-state index contributed by atoms with van der Waals surface area (Å²) in [6.45, 7) is 2.13. The van der Waals surface area contributed by atoms with E-state index in [2.05, 4.69) is 6.92 Å². The zero-order chi connectivity index (χ0) is 8.06. The fourth-order valence-corrected chi connectivity index (χ4v) is 2.89.